The summed E-state index contributed by atoms with van der Waals surface area (Å²) in [6, 6.07) is 8.00. The van der Waals surface area contributed by atoms with E-state index in [0.717, 1.165) is 22.9 Å². The van der Waals surface area contributed by atoms with Crippen LogP contribution in [0, 0.1) is 5.92 Å². The third-order valence-corrected chi connectivity index (χ3v) is 3.19. The molecule has 0 aromatic heterocycles. The van der Waals surface area contributed by atoms with Gasteiger partial charge in [-0.25, -0.2) is 0 Å². The van der Waals surface area contributed by atoms with Crippen LogP contribution in [0.15, 0.2) is 28.7 Å². The molecule has 1 unspecified atom stereocenters. The smallest absolute Gasteiger partial charge is 0.220 e. The van der Waals surface area contributed by atoms with E-state index in [0.29, 0.717) is 18.9 Å². The highest BCUT2D eigenvalue weighted by Crippen LogP contribution is 2.12. The van der Waals surface area contributed by atoms with Gasteiger partial charge < -0.3 is 5.32 Å². The van der Waals surface area contributed by atoms with Crippen molar-refractivity contribution in [2.45, 2.75) is 39.7 Å². The van der Waals surface area contributed by atoms with E-state index in [1.165, 1.54) is 0 Å². The molecule has 0 bridgehead atoms. The molecule has 1 rings (SSSR count). The molecular weight excluding hydrogens is 278 g/mol. The Hall–Kier alpha value is -0.830. The molecule has 1 aromatic rings. The summed E-state index contributed by atoms with van der Waals surface area (Å²) in [5.41, 5.74) is 1.12. The monoisotopic (exact) mass is 297 g/mol. The molecule has 1 atom stereocenters. The van der Waals surface area contributed by atoms with Gasteiger partial charge in [-0.3, -0.25) is 4.79 Å². The van der Waals surface area contributed by atoms with Crippen molar-refractivity contribution in [1.29, 1.82) is 0 Å². The summed E-state index contributed by atoms with van der Waals surface area (Å²) in [4.78, 5) is 11.7. The van der Waals surface area contributed by atoms with Crippen LogP contribution in [0.5, 0.6) is 0 Å². The van der Waals surface area contributed by atoms with Crippen LogP contribution in [0.4, 0.5) is 0 Å². The van der Waals surface area contributed by atoms with Gasteiger partial charge in [0, 0.05) is 17.4 Å². The molecule has 0 fully saturated rings. The Bertz CT molecular complexity index is 365. The molecule has 1 amide bonds. The lowest BCUT2D eigenvalue weighted by molar-refractivity contribution is -0.122. The van der Waals surface area contributed by atoms with Crippen LogP contribution in [-0.4, -0.2) is 5.91 Å². The fraction of sp³-hybridized carbons (Fsp3) is 0.500. The first-order valence-corrected chi connectivity index (χ1v) is 6.92. The number of rotatable bonds is 6. The van der Waals surface area contributed by atoms with Crippen molar-refractivity contribution in [2.24, 2.45) is 5.92 Å². The standard InChI is InChI=1S/C14H20BrNO/c1-3-5-11(2)8-14(17)16-10-12-6-4-7-13(15)9-12/h4,6-7,9,11H,3,5,8,10H2,1-2H3,(H,16,17). The molecule has 0 aliphatic heterocycles. The number of hydrogen-bond donors (Lipinski definition) is 1. The fourth-order valence-electron chi connectivity index (χ4n) is 1.83. The van der Waals surface area contributed by atoms with Crippen LogP contribution in [0.25, 0.3) is 0 Å². The minimum absolute atomic E-state index is 0.144. The molecule has 0 radical (unpaired) electrons. The van der Waals surface area contributed by atoms with Crippen LogP contribution in [-0.2, 0) is 11.3 Å². The van der Waals surface area contributed by atoms with E-state index >= 15 is 0 Å². The van der Waals surface area contributed by atoms with Gasteiger partial charge >= 0.3 is 0 Å². The quantitative estimate of drug-likeness (QED) is 0.848. The Labute approximate surface area is 112 Å². The average molecular weight is 298 g/mol. The first-order valence-electron chi connectivity index (χ1n) is 6.13. The summed E-state index contributed by atoms with van der Waals surface area (Å²) in [7, 11) is 0. The summed E-state index contributed by atoms with van der Waals surface area (Å²) in [5, 5.41) is 2.96. The van der Waals surface area contributed by atoms with Gasteiger partial charge in [-0.2, -0.15) is 0 Å². The van der Waals surface area contributed by atoms with Gasteiger partial charge in [0.25, 0.3) is 0 Å². The van der Waals surface area contributed by atoms with Crippen molar-refractivity contribution in [3.05, 3.63) is 34.3 Å². The maximum Gasteiger partial charge on any atom is 0.220 e. The van der Waals surface area contributed by atoms with E-state index in [-0.39, 0.29) is 5.91 Å². The predicted molar refractivity (Wildman–Crippen MR) is 74.7 cm³/mol. The normalized spacial score (nSPS) is 12.2. The Morgan fingerprint density at radius 2 is 2.24 bits per heavy atom. The van der Waals surface area contributed by atoms with E-state index in [2.05, 4.69) is 35.1 Å². The van der Waals surface area contributed by atoms with Crippen molar-refractivity contribution in [3.63, 3.8) is 0 Å². The second-order valence-electron chi connectivity index (χ2n) is 4.50. The number of nitrogens with one attached hydrogen (secondary N) is 1. The van der Waals surface area contributed by atoms with E-state index in [1.807, 2.05) is 24.3 Å². The highest BCUT2D eigenvalue weighted by Gasteiger charge is 2.07. The van der Waals surface area contributed by atoms with Gasteiger partial charge in [-0.15, -0.1) is 0 Å². The predicted octanol–water partition coefficient (Wildman–Crippen LogP) is 3.89. The maximum absolute atomic E-state index is 11.7. The molecule has 0 heterocycles. The Morgan fingerprint density at radius 3 is 2.88 bits per heavy atom. The molecule has 2 nitrogen and oxygen atoms in total. The molecule has 0 saturated carbocycles. The fourth-order valence-corrected chi connectivity index (χ4v) is 2.28. The molecule has 3 heteroatoms. The zero-order valence-corrected chi connectivity index (χ0v) is 12.1. The summed E-state index contributed by atoms with van der Waals surface area (Å²) in [6.07, 6.45) is 2.88. The number of amides is 1. The van der Waals surface area contributed by atoms with Crippen molar-refractivity contribution in [3.8, 4) is 0 Å². The lowest BCUT2D eigenvalue weighted by Crippen LogP contribution is -2.24. The van der Waals surface area contributed by atoms with Crippen molar-refractivity contribution in [2.75, 3.05) is 0 Å². The average Bonchev–Trinajstić information content (AvgIpc) is 2.27. The van der Waals surface area contributed by atoms with Gasteiger partial charge in [-0.05, 0) is 23.6 Å². The van der Waals surface area contributed by atoms with Gasteiger partial charge in [0.05, 0.1) is 0 Å². The first-order chi connectivity index (χ1) is 8.11. The summed E-state index contributed by atoms with van der Waals surface area (Å²) in [5.74, 6) is 0.619. The molecule has 0 aliphatic carbocycles. The van der Waals surface area contributed by atoms with Gasteiger partial charge in [-0.1, -0.05) is 54.8 Å². The second kappa shape index (κ2) is 7.49. The highest BCUT2D eigenvalue weighted by molar-refractivity contribution is 9.10. The largest absolute Gasteiger partial charge is 0.352 e. The molecule has 1 N–H and O–H groups in total. The number of carbonyl (C=O) groups is 1. The third kappa shape index (κ3) is 5.87. The van der Waals surface area contributed by atoms with Crippen LogP contribution < -0.4 is 5.32 Å². The minimum Gasteiger partial charge on any atom is -0.352 e. The van der Waals surface area contributed by atoms with Crippen LogP contribution in [0.3, 0.4) is 0 Å². The molecular formula is C14H20BrNO. The maximum atomic E-state index is 11.7. The topological polar surface area (TPSA) is 29.1 Å². The Kier molecular flexibility index (Phi) is 6.27. The molecule has 1 aromatic carbocycles. The molecule has 0 saturated heterocycles. The van der Waals surface area contributed by atoms with Crippen molar-refractivity contribution in [1.82, 2.24) is 5.32 Å². The summed E-state index contributed by atoms with van der Waals surface area (Å²) in [6.45, 7) is 4.88. The minimum atomic E-state index is 0.144. The van der Waals surface area contributed by atoms with E-state index < -0.39 is 0 Å². The summed E-state index contributed by atoms with van der Waals surface area (Å²) < 4.78 is 1.05. The van der Waals surface area contributed by atoms with E-state index in [4.69, 9.17) is 0 Å². The summed E-state index contributed by atoms with van der Waals surface area (Å²) >= 11 is 3.42. The molecule has 17 heavy (non-hydrogen) atoms. The zero-order chi connectivity index (χ0) is 12.7. The number of hydrogen-bond acceptors (Lipinski definition) is 1. The van der Waals surface area contributed by atoms with E-state index in [1.54, 1.807) is 0 Å². The number of benzene rings is 1. The number of carbonyl (C=O) groups excluding carboxylic acids is 1. The van der Waals surface area contributed by atoms with Gasteiger partial charge in [0.1, 0.15) is 0 Å². The molecule has 0 aliphatic rings. The second-order valence-corrected chi connectivity index (χ2v) is 5.42. The molecule has 94 valence electrons. The van der Waals surface area contributed by atoms with Crippen molar-refractivity contribution < 1.29 is 4.79 Å². The third-order valence-electron chi connectivity index (χ3n) is 2.69. The van der Waals surface area contributed by atoms with Crippen molar-refractivity contribution >= 4 is 21.8 Å². The Morgan fingerprint density at radius 1 is 1.47 bits per heavy atom. The van der Waals surface area contributed by atoms with Crippen LogP contribution in [0.1, 0.15) is 38.7 Å². The zero-order valence-electron chi connectivity index (χ0n) is 10.5. The first kappa shape index (κ1) is 14.2. The molecule has 0 spiro atoms. The Balaban J connectivity index is 2.33. The number of halogens is 1. The van der Waals surface area contributed by atoms with Gasteiger partial charge in [0.15, 0.2) is 0 Å². The van der Waals surface area contributed by atoms with Crippen LogP contribution >= 0.6 is 15.9 Å². The SMILES string of the molecule is CCCC(C)CC(=O)NCc1cccc(Br)c1. The van der Waals surface area contributed by atoms with Gasteiger partial charge in [0.2, 0.25) is 5.91 Å². The lowest BCUT2D eigenvalue weighted by Gasteiger charge is -2.10. The lowest BCUT2D eigenvalue weighted by atomic mass is 10.0. The van der Waals surface area contributed by atoms with E-state index in [9.17, 15) is 4.79 Å². The van der Waals surface area contributed by atoms with Crippen LogP contribution in [0.2, 0.25) is 0 Å². The highest BCUT2D eigenvalue weighted by atomic mass is 79.9.